The lowest BCUT2D eigenvalue weighted by Crippen LogP contribution is -2.49. The van der Waals surface area contributed by atoms with Crippen LogP contribution in [0.3, 0.4) is 0 Å². The maximum Gasteiger partial charge on any atom is 0.263 e. The number of hydrogen-bond donors (Lipinski definition) is 3. The number of rotatable bonds is 3. The molecule has 0 radical (unpaired) electrons. The molecule has 2 unspecified atom stereocenters. The number of amides is 1. The van der Waals surface area contributed by atoms with Crippen LogP contribution in [0.5, 0.6) is 0 Å². The molecule has 2 aliphatic heterocycles. The number of nitrogens with one attached hydrogen (secondary N) is 1. The predicted octanol–water partition coefficient (Wildman–Crippen LogP) is 3.32. The van der Waals surface area contributed by atoms with Crippen molar-refractivity contribution < 1.29 is 14.3 Å². The van der Waals surface area contributed by atoms with Crippen LogP contribution in [-0.4, -0.2) is 58.0 Å². The number of hydrogen-bond acceptors (Lipinski definition) is 9. The quantitative estimate of drug-likeness (QED) is 0.465. The third kappa shape index (κ3) is 4.05. The minimum absolute atomic E-state index is 0.0233. The molecule has 6 rings (SSSR count). The molecule has 2 atom stereocenters. The van der Waals surface area contributed by atoms with Gasteiger partial charge in [0, 0.05) is 29.4 Å². The molecule has 0 bridgehead atoms. The van der Waals surface area contributed by atoms with E-state index in [1.54, 1.807) is 0 Å². The van der Waals surface area contributed by atoms with Gasteiger partial charge in [-0.25, -0.2) is 9.97 Å². The van der Waals surface area contributed by atoms with E-state index in [0.29, 0.717) is 23.7 Å². The first kappa shape index (κ1) is 25.5. The number of fused-ring (bicyclic) bond motifs is 2. The van der Waals surface area contributed by atoms with Crippen molar-refractivity contribution in [3.05, 3.63) is 46.1 Å². The lowest BCUT2D eigenvalue weighted by Gasteiger charge is -2.30. The number of ether oxygens (including phenoxy) is 2. The molecule has 3 aliphatic rings. The Morgan fingerprint density at radius 2 is 1.87 bits per heavy atom. The standard InChI is InChI=1S/C28H36N6O3S/c1-15-6-9-18-22(30)23(38-25(18)31-15)24(35)32-17-8-10-19-16(12-17)7-11-21(33-19)34-13-20(29)28(14-34)36-26(2,3)27(4,5)37-28/h6-7,9,11,17,20H,8,10,12-14,29-30H2,1-5H3,(H,32,35). The Hall–Kier alpha value is -2.79. The van der Waals surface area contributed by atoms with Gasteiger partial charge >= 0.3 is 0 Å². The number of aryl methyl sites for hydroxylation is 2. The molecule has 5 heterocycles. The predicted molar refractivity (Wildman–Crippen MR) is 150 cm³/mol. The van der Waals surface area contributed by atoms with Gasteiger partial charge in [0.15, 0.2) is 0 Å². The normalized spacial score (nSPS) is 25.2. The van der Waals surface area contributed by atoms with Crippen molar-refractivity contribution in [1.82, 2.24) is 15.3 Å². The van der Waals surface area contributed by atoms with Crippen molar-refractivity contribution in [3.8, 4) is 0 Å². The van der Waals surface area contributed by atoms with Crippen molar-refractivity contribution >= 4 is 39.0 Å². The highest BCUT2D eigenvalue weighted by molar-refractivity contribution is 7.21. The van der Waals surface area contributed by atoms with E-state index in [0.717, 1.165) is 52.2 Å². The van der Waals surface area contributed by atoms with Crippen LogP contribution in [0.2, 0.25) is 0 Å². The van der Waals surface area contributed by atoms with Gasteiger partial charge in [-0.15, -0.1) is 11.3 Å². The number of pyridine rings is 2. The number of anilines is 2. The number of carbonyl (C=O) groups excluding carboxylic acids is 1. The summed E-state index contributed by atoms with van der Waals surface area (Å²) >= 11 is 1.35. The molecule has 1 aliphatic carbocycles. The molecule has 3 aromatic rings. The topological polar surface area (TPSA) is 129 Å². The summed E-state index contributed by atoms with van der Waals surface area (Å²) in [6.07, 6.45) is 2.33. The van der Waals surface area contributed by atoms with Crippen LogP contribution < -0.4 is 21.7 Å². The molecule has 9 nitrogen and oxygen atoms in total. The molecule has 1 amide bonds. The molecule has 38 heavy (non-hydrogen) atoms. The molecule has 10 heteroatoms. The Bertz CT molecular complexity index is 1420. The van der Waals surface area contributed by atoms with Gasteiger partial charge in [-0.1, -0.05) is 6.07 Å². The molecule has 2 fully saturated rings. The fourth-order valence-electron chi connectivity index (χ4n) is 5.75. The van der Waals surface area contributed by atoms with Crippen LogP contribution in [0.1, 0.15) is 60.7 Å². The van der Waals surface area contributed by atoms with Gasteiger partial charge in [0.1, 0.15) is 15.5 Å². The molecule has 1 spiro atoms. The van der Waals surface area contributed by atoms with Crippen molar-refractivity contribution in [1.29, 1.82) is 0 Å². The third-order valence-electron chi connectivity index (χ3n) is 8.55. The third-order valence-corrected chi connectivity index (χ3v) is 9.66. The molecular weight excluding hydrogens is 500 g/mol. The smallest absolute Gasteiger partial charge is 0.263 e. The lowest BCUT2D eigenvalue weighted by atomic mass is 9.90. The second-order valence-electron chi connectivity index (χ2n) is 11.9. The fraction of sp³-hybridized carbons (Fsp3) is 0.536. The van der Waals surface area contributed by atoms with E-state index in [1.807, 2.05) is 25.1 Å². The summed E-state index contributed by atoms with van der Waals surface area (Å²) in [6, 6.07) is 7.76. The van der Waals surface area contributed by atoms with Gasteiger partial charge in [0.05, 0.1) is 29.5 Å². The first-order valence-corrected chi connectivity index (χ1v) is 14.1. The summed E-state index contributed by atoms with van der Waals surface area (Å²) in [6.45, 7) is 11.3. The maximum absolute atomic E-state index is 13.1. The Labute approximate surface area is 226 Å². The summed E-state index contributed by atoms with van der Waals surface area (Å²) in [5.74, 6) is -0.100. The van der Waals surface area contributed by atoms with Crippen LogP contribution in [-0.2, 0) is 22.3 Å². The molecule has 0 aromatic carbocycles. The van der Waals surface area contributed by atoms with E-state index in [-0.39, 0.29) is 18.0 Å². The number of thiophene rings is 1. The van der Waals surface area contributed by atoms with E-state index in [2.05, 4.69) is 49.0 Å². The summed E-state index contributed by atoms with van der Waals surface area (Å²) in [4.78, 5) is 26.1. The summed E-state index contributed by atoms with van der Waals surface area (Å²) in [5, 5.41) is 4.03. The number of nitrogens with zero attached hydrogens (tertiary/aromatic N) is 3. The summed E-state index contributed by atoms with van der Waals surface area (Å²) < 4.78 is 12.9. The highest BCUT2D eigenvalue weighted by atomic mass is 32.1. The number of carbonyl (C=O) groups is 1. The van der Waals surface area contributed by atoms with E-state index in [4.69, 9.17) is 25.9 Å². The number of nitrogens with two attached hydrogens (primary N) is 2. The van der Waals surface area contributed by atoms with Gasteiger partial charge in [-0.3, -0.25) is 4.79 Å². The number of nitrogen functional groups attached to an aromatic ring is 1. The monoisotopic (exact) mass is 536 g/mol. The summed E-state index contributed by atoms with van der Waals surface area (Å²) in [5.41, 5.74) is 15.6. The minimum atomic E-state index is -0.845. The van der Waals surface area contributed by atoms with Crippen LogP contribution in [0, 0.1) is 6.92 Å². The van der Waals surface area contributed by atoms with Crippen LogP contribution in [0.25, 0.3) is 10.2 Å². The van der Waals surface area contributed by atoms with Crippen molar-refractivity contribution in [2.45, 2.75) is 83.0 Å². The van der Waals surface area contributed by atoms with Gasteiger partial charge in [-0.05, 0) is 77.6 Å². The molecule has 202 valence electrons. The zero-order chi connectivity index (χ0) is 27.0. The molecule has 0 saturated carbocycles. The van der Waals surface area contributed by atoms with E-state index in [1.165, 1.54) is 11.3 Å². The van der Waals surface area contributed by atoms with Crippen molar-refractivity contribution in [3.63, 3.8) is 0 Å². The van der Waals surface area contributed by atoms with Crippen LogP contribution in [0.4, 0.5) is 11.5 Å². The zero-order valence-corrected chi connectivity index (χ0v) is 23.4. The lowest BCUT2D eigenvalue weighted by molar-refractivity contribution is -0.183. The van der Waals surface area contributed by atoms with Crippen LogP contribution in [0.15, 0.2) is 24.3 Å². The first-order valence-electron chi connectivity index (χ1n) is 13.2. The van der Waals surface area contributed by atoms with Gasteiger partial charge in [-0.2, -0.15) is 0 Å². The minimum Gasteiger partial charge on any atom is -0.397 e. The molecule has 5 N–H and O–H groups in total. The second kappa shape index (κ2) is 8.61. The molecule has 3 aromatic heterocycles. The maximum atomic E-state index is 13.1. The van der Waals surface area contributed by atoms with Crippen molar-refractivity contribution in [2.75, 3.05) is 23.7 Å². The fourth-order valence-corrected chi connectivity index (χ4v) is 6.80. The first-order chi connectivity index (χ1) is 17.9. The SMILES string of the molecule is Cc1ccc2c(N)c(C(=O)NC3CCc4nc(N5CC(N)C6(C5)OC(C)(C)C(C)(C)O6)ccc4C3)sc2n1. The highest BCUT2D eigenvalue weighted by Gasteiger charge is 2.62. The second-order valence-corrected chi connectivity index (χ2v) is 12.9. The number of aromatic nitrogens is 2. The average molecular weight is 537 g/mol. The van der Waals surface area contributed by atoms with E-state index in [9.17, 15) is 4.79 Å². The largest absolute Gasteiger partial charge is 0.397 e. The Morgan fingerprint density at radius 1 is 1.13 bits per heavy atom. The van der Waals surface area contributed by atoms with Gasteiger partial charge in [0.2, 0.25) is 5.79 Å². The van der Waals surface area contributed by atoms with Gasteiger partial charge < -0.3 is 31.2 Å². The van der Waals surface area contributed by atoms with E-state index < -0.39 is 17.0 Å². The van der Waals surface area contributed by atoms with E-state index >= 15 is 0 Å². The Balaban J connectivity index is 1.14. The average Bonchev–Trinajstić information content (AvgIpc) is 3.40. The Kier molecular flexibility index (Phi) is 5.77. The highest BCUT2D eigenvalue weighted by Crippen LogP contribution is 2.47. The molecular formula is C28H36N6O3S. The van der Waals surface area contributed by atoms with Gasteiger partial charge in [0.25, 0.3) is 5.91 Å². The summed E-state index contributed by atoms with van der Waals surface area (Å²) in [7, 11) is 0. The Morgan fingerprint density at radius 3 is 2.61 bits per heavy atom. The van der Waals surface area contributed by atoms with Crippen molar-refractivity contribution in [2.24, 2.45) is 5.73 Å². The van der Waals surface area contributed by atoms with Crippen LogP contribution >= 0.6 is 11.3 Å². The zero-order valence-electron chi connectivity index (χ0n) is 22.6. The molecule has 2 saturated heterocycles.